The molecule has 1 atom stereocenters. The molecular weight excluding hydrogens is 239 g/mol. The van der Waals surface area contributed by atoms with Crippen molar-refractivity contribution in [2.24, 2.45) is 0 Å². The van der Waals surface area contributed by atoms with Gasteiger partial charge in [-0.15, -0.1) is 0 Å². The van der Waals surface area contributed by atoms with Crippen molar-refractivity contribution in [2.75, 3.05) is 0 Å². The Morgan fingerprint density at radius 1 is 1.05 bits per heavy atom. The van der Waals surface area contributed by atoms with Gasteiger partial charge in [0.25, 0.3) is 0 Å². The Hall–Kier alpha value is -1.77. The lowest BCUT2D eigenvalue weighted by atomic mass is 9.88. The monoisotopic (exact) mass is 258 g/mol. The van der Waals surface area contributed by atoms with E-state index in [1.54, 1.807) is 18.5 Å². The fourth-order valence-electron chi connectivity index (χ4n) is 2.29. The highest BCUT2D eigenvalue weighted by atomic mass is 19.1. The first-order chi connectivity index (χ1) is 9.19. The maximum absolute atomic E-state index is 14.8. The van der Waals surface area contributed by atoms with Gasteiger partial charge in [0.2, 0.25) is 0 Å². The Bertz CT molecular complexity index is 510. The molecule has 0 radical (unpaired) electrons. The van der Waals surface area contributed by atoms with Gasteiger partial charge < -0.3 is 0 Å². The topological polar surface area (TPSA) is 25.8 Å². The molecule has 0 N–H and O–H groups in total. The smallest absolute Gasteiger partial charge is 0.159 e. The Morgan fingerprint density at radius 3 is 2.21 bits per heavy atom. The van der Waals surface area contributed by atoms with Crippen LogP contribution in [-0.4, -0.2) is 9.97 Å². The van der Waals surface area contributed by atoms with E-state index in [9.17, 15) is 4.39 Å². The first-order valence-electron chi connectivity index (χ1n) is 6.76. The maximum Gasteiger partial charge on any atom is 0.159 e. The number of halogens is 1. The molecule has 2 aromatic rings. The molecule has 0 aliphatic heterocycles. The van der Waals surface area contributed by atoms with Crippen molar-refractivity contribution >= 4 is 0 Å². The maximum atomic E-state index is 14.8. The van der Waals surface area contributed by atoms with Crippen molar-refractivity contribution < 1.29 is 4.39 Å². The van der Waals surface area contributed by atoms with Gasteiger partial charge in [-0.2, -0.15) is 0 Å². The van der Waals surface area contributed by atoms with Crippen LogP contribution in [0.3, 0.4) is 0 Å². The summed E-state index contributed by atoms with van der Waals surface area (Å²) >= 11 is 0. The second-order valence-electron chi connectivity index (χ2n) is 4.72. The molecule has 0 aliphatic rings. The molecule has 19 heavy (non-hydrogen) atoms. The van der Waals surface area contributed by atoms with Gasteiger partial charge in [-0.05, 0) is 24.5 Å². The molecule has 1 unspecified atom stereocenters. The van der Waals surface area contributed by atoms with Crippen LogP contribution in [0.1, 0.15) is 38.7 Å². The highest BCUT2D eigenvalue weighted by molar-refractivity contribution is 5.55. The molecule has 0 bridgehead atoms. The highest BCUT2D eigenvalue weighted by Gasteiger charge is 2.28. The first-order valence-corrected chi connectivity index (χ1v) is 6.76. The molecule has 1 heterocycles. The van der Waals surface area contributed by atoms with Crippen molar-refractivity contribution in [3.63, 3.8) is 0 Å². The van der Waals surface area contributed by atoms with E-state index in [4.69, 9.17) is 0 Å². The molecular formula is C16H19FN2. The Labute approximate surface area is 113 Å². The summed E-state index contributed by atoms with van der Waals surface area (Å²) in [5.74, 6) is 0.672. The lowest BCUT2D eigenvalue weighted by molar-refractivity contribution is 0.143. The van der Waals surface area contributed by atoms with Gasteiger partial charge in [-0.1, -0.05) is 44.5 Å². The molecule has 2 nitrogen and oxygen atoms in total. The average molecular weight is 258 g/mol. The van der Waals surface area contributed by atoms with Gasteiger partial charge in [-0.25, -0.2) is 14.4 Å². The second kappa shape index (κ2) is 5.91. The zero-order valence-electron chi connectivity index (χ0n) is 11.4. The molecule has 0 fully saturated rings. The van der Waals surface area contributed by atoms with Crippen LogP contribution in [0.25, 0.3) is 11.4 Å². The molecule has 2 rings (SSSR count). The summed E-state index contributed by atoms with van der Waals surface area (Å²) in [5.41, 5.74) is 0.445. The minimum Gasteiger partial charge on any atom is -0.239 e. The Balaban J connectivity index is 2.28. The fraction of sp³-hybridized carbons (Fsp3) is 0.375. The van der Waals surface area contributed by atoms with E-state index in [1.165, 1.54) is 0 Å². The number of rotatable bonds is 5. The summed E-state index contributed by atoms with van der Waals surface area (Å²) in [6, 6.07) is 9.27. The van der Waals surface area contributed by atoms with Crippen LogP contribution >= 0.6 is 0 Å². The number of benzene rings is 1. The van der Waals surface area contributed by atoms with Crippen LogP contribution in [-0.2, 0) is 5.67 Å². The third-order valence-corrected chi connectivity index (χ3v) is 3.43. The predicted octanol–water partition coefficient (Wildman–Crippen LogP) is 4.52. The van der Waals surface area contributed by atoms with E-state index in [0.717, 1.165) is 17.5 Å². The molecule has 0 saturated heterocycles. The molecule has 0 spiro atoms. The summed E-state index contributed by atoms with van der Waals surface area (Å²) in [6.45, 7) is 3.90. The number of aromatic nitrogens is 2. The quantitative estimate of drug-likeness (QED) is 0.788. The number of alkyl halides is 1. The molecule has 0 amide bonds. The van der Waals surface area contributed by atoms with Gasteiger partial charge in [0.1, 0.15) is 5.67 Å². The molecule has 100 valence electrons. The lowest BCUT2D eigenvalue weighted by Crippen LogP contribution is -2.18. The van der Waals surface area contributed by atoms with Crippen LogP contribution in [0, 0.1) is 0 Å². The SMILES string of the molecule is CCCC(F)(CC)c1ccc(-c2ncccn2)cc1. The summed E-state index contributed by atoms with van der Waals surface area (Å²) in [6.07, 6.45) is 5.32. The molecule has 1 aromatic heterocycles. The van der Waals surface area contributed by atoms with Crippen molar-refractivity contribution in [1.82, 2.24) is 9.97 Å². The molecule has 0 aliphatic carbocycles. The number of nitrogens with zero attached hydrogens (tertiary/aromatic N) is 2. The van der Waals surface area contributed by atoms with E-state index >= 15 is 0 Å². The Kier molecular flexibility index (Phi) is 4.25. The fourth-order valence-corrected chi connectivity index (χ4v) is 2.29. The van der Waals surface area contributed by atoms with E-state index < -0.39 is 5.67 Å². The molecule has 1 aromatic carbocycles. The third kappa shape index (κ3) is 2.98. The minimum atomic E-state index is -1.22. The second-order valence-corrected chi connectivity index (χ2v) is 4.72. The number of hydrogen-bond donors (Lipinski definition) is 0. The van der Waals surface area contributed by atoms with Gasteiger partial charge in [-0.3, -0.25) is 0 Å². The minimum absolute atomic E-state index is 0.502. The van der Waals surface area contributed by atoms with Crippen molar-refractivity contribution in [3.8, 4) is 11.4 Å². The number of hydrogen-bond acceptors (Lipinski definition) is 2. The molecule has 0 saturated carbocycles. The molecule has 3 heteroatoms. The van der Waals surface area contributed by atoms with Gasteiger partial charge >= 0.3 is 0 Å². The average Bonchev–Trinajstić information content (AvgIpc) is 2.48. The zero-order valence-corrected chi connectivity index (χ0v) is 11.4. The highest BCUT2D eigenvalue weighted by Crippen LogP contribution is 2.35. The zero-order chi connectivity index (χ0) is 13.7. The first kappa shape index (κ1) is 13.7. The van der Waals surface area contributed by atoms with Crippen LogP contribution in [0.2, 0.25) is 0 Å². The standard InChI is InChI=1S/C16H19FN2/c1-3-10-16(17,4-2)14-8-6-13(7-9-14)15-18-11-5-12-19-15/h5-9,11-12H,3-4,10H2,1-2H3. The van der Waals surface area contributed by atoms with Gasteiger partial charge in [0.05, 0.1) is 0 Å². The van der Waals surface area contributed by atoms with E-state index in [0.29, 0.717) is 18.7 Å². The van der Waals surface area contributed by atoms with Crippen LogP contribution < -0.4 is 0 Å². The van der Waals surface area contributed by atoms with Crippen LogP contribution in [0.15, 0.2) is 42.7 Å². The van der Waals surface area contributed by atoms with E-state index in [-0.39, 0.29) is 0 Å². The summed E-state index contributed by atoms with van der Waals surface area (Å²) in [5, 5.41) is 0. The summed E-state index contributed by atoms with van der Waals surface area (Å²) in [4.78, 5) is 8.38. The van der Waals surface area contributed by atoms with Gasteiger partial charge in [0, 0.05) is 18.0 Å². The Morgan fingerprint density at radius 2 is 1.68 bits per heavy atom. The van der Waals surface area contributed by atoms with Crippen molar-refractivity contribution in [2.45, 2.75) is 38.8 Å². The predicted molar refractivity (Wildman–Crippen MR) is 75.5 cm³/mol. The van der Waals surface area contributed by atoms with E-state index in [1.807, 2.05) is 38.1 Å². The van der Waals surface area contributed by atoms with Crippen molar-refractivity contribution in [3.05, 3.63) is 48.3 Å². The lowest BCUT2D eigenvalue weighted by Gasteiger charge is -2.24. The normalized spacial score (nSPS) is 14.1. The van der Waals surface area contributed by atoms with E-state index in [2.05, 4.69) is 9.97 Å². The van der Waals surface area contributed by atoms with Crippen LogP contribution in [0.5, 0.6) is 0 Å². The third-order valence-electron chi connectivity index (χ3n) is 3.43. The van der Waals surface area contributed by atoms with Gasteiger partial charge in [0.15, 0.2) is 5.82 Å². The van der Waals surface area contributed by atoms with Crippen molar-refractivity contribution in [1.29, 1.82) is 0 Å². The summed E-state index contributed by atoms with van der Waals surface area (Å²) in [7, 11) is 0. The summed E-state index contributed by atoms with van der Waals surface area (Å²) < 4.78 is 14.8. The largest absolute Gasteiger partial charge is 0.239 e. The van der Waals surface area contributed by atoms with Crippen LogP contribution in [0.4, 0.5) is 4.39 Å².